The van der Waals surface area contributed by atoms with Crippen molar-refractivity contribution < 1.29 is 39.4 Å². The molecule has 0 unspecified atom stereocenters. The second kappa shape index (κ2) is 9.99. The van der Waals surface area contributed by atoms with E-state index in [9.17, 15) is 9.59 Å². The zero-order valence-electron chi connectivity index (χ0n) is 9.50. The van der Waals surface area contributed by atoms with Crippen molar-refractivity contribution >= 4 is 12.3 Å². The minimum absolute atomic E-state index is 0.164. The lowest BCUT2D eigenvalue weighted by atomic mass is 10.5. The van der Waals surface area contributed by atoms with Crippen LogP contribution in [-0.4, -0.2) is 34.7 Å². The van der Waals surface area contributed by atoms with E-state index in [4.69, 9.17) is 20.0 Å². The van der Waals surface area contributed by atoms with Gasteiger partial charge in [-0.3, -0.25) is 0 Å². The number of carboxylic acid groups (broad SMARTS) is 2. The van der Waals surface area contributed by atoms with Crippen LogP contribution in [0.15, 0.2) is 0 Å². The first-order valence-electron chi connectivity index (χ1n) is 4.38. The van der Waals surface area contributed by atoms with Crippen molar-refractivity contribution in [2.75, 3.05) is 0 Å². The Morgan fingerprint density at radius 2 is 1.06 bits per heavy atom. The Bertz CT molecular complexity index is 178. The van der Waals surface area contributed by atoms with Crippen LogP contribution in [0.5, 0.6) is 0 Å². The molecular weight excluding hydrogens is 224 g/mol. The van der Waals surface area contributed by atoms with Gasteiger partial charge in [-0.1, -0.05) is 0 Å². The van der Waals surface area contributed by atoms with Crippen LogP contribution in [0, 0.1) is 0 Å². The summed E-state index contributed by atoms with van der Waals surface area (Å²) in [6.07, 6.45) is -3.27. The van der Waals surface area contributed by atoms with E-state index in [1.54, 1.807) is 0 Å². The van der Waals surface area contributed by atoms with Crippen molar-refractivity contribution in [1.82, 2.24) is 0 Å². The van der Waals surface area contributed by atoms with Crippen molar-refractivity contribution in [2.45, 2.75) is 39.9 Å². The third-order valence-electron chi connectivity index (χ3n) is 0.625. The van der Waals surface area contributed by atoms with Gasteiger partial charge in [-0.2, -0.15) is 0 Å². The molecule has 0 saturated carbocycles. The van der Waals surface area contributed by atoms with Gasteiger partial charge in [0.1, 0.15) is 0 Å². The Hall–Kier alpha value is -1.54. The van der Waals surface area contributed by atoms with E-state index < -0.39 is 12.3 Å². The molecule has 0 atom stereocenters. The maximum atomic E-state index is 9.29. The van der Waals surface area contributed by atoms with E-state index in [1.807, 2.05) is 27.7 Å². The van der Waals surface area contributed by atoms with Crippen LogP contribution in [0.2, 0.25) is 0 Å². The topological polar surface area (TPSA) is 112 Å². The number of hydrogen-bond donors (Lipinski definition) is 2. The lowest BCUT2D eigenvalue weighted by Crippen LogP contribution is -2.08. The van der Waals surface area contributed by atoms with Gasteiger partial charge in [0.2, 0.25) is 0 Å². The molecule has 0 saturated heterocycles. The molecule has 0 radical (unpaired) electrons. The molecule has 0 aliphatic heterocycles. The number of rotatable bonds is 3. The van der Waals surface area contributed by atoms with E-state index in [0.29, 0.717) is 0 Å². The van der Waals surface area contributed by atoms with Gasteiger partial charge < -0.3 is 10.2 Å². The molecule has 0 rings (SSSR count). The lowest BCUT2D eigenvalue weighted by molar-refractivity contribution is -0.337. The molecule has 8 nitrogen and oxygen atoms in total. The second-order valence-electron chi connectivity index (χ2n) is 2.99. The second-order valence-corrected chi connectivity index (χ2v) is 2.99. The SMILES string of the molecule is CC(C)OOC(C)C.O=C(O)OOC(=O)O. The highest BCUT2D eigenvalue weighted by Gasteiger charge is 2.01. The average Bonchev–Trinajstić information content (AvgIpc) is 2.12. The van der Waals surface area contributed by atoms with Crippen LogP contribution < -0.4 is 0 Å². The highest BCUT2D eigenvalue weighted by molar-refractivity contribution is 5.60. The summed E-state index contributed by atoms with van der Waals surface area (Å²) in [6, 6.07) is 0. The molecule has 0 aromatic heterocycles. The monoisotopic (exact) mass is 240 g/mol. The smallest absolute Gasteiger partial charge is 0.447 e. The van der Waals surface area contributed by atoms with E-state index in [-0.39, 0.29) is 12.2 Å². The fourth-order valence-electron chi connectivity index (χ4n) is 0.294. The molecule has 16 heavy (non-hydrogen) atoms. The minimum Gasteiger partial charge on any atom is -0.447 e. The Balaban J connectivity index is 0. The quantitative estimate of drug-likeness (QED) is 0.569. The zero-order valence-corrected chi connectivity index (χ0v) is 9.50. The maximum Gasteiger partial charge on any atom is 0.547 e. The number of hydrogen-bond acceptors (Lipinski definition) is 6. The Labute approximate surface area is 92.5 Å². The van der Waals surface area contributed by atoms with E-state index >= 15 is 0 Å². The minimum atomic E-state index is -1.80. The van der Waals surface area contributed by atoms with E-state index in [2.05, 4.69) is 9.78 Å². The van der Waals surface area contributed by atoms with Crippen molar-refractivity contribution in [1.29, 1.82) is 0 Å². The van der Waals surface area contributed by atoms with Gasteiger partial charge in [-0.25, -0.2) is 29.1 Å². The molecule has 96 valence electrons. The predicted molar refractivity (Wildman–Crippen MR) is 50.7 cm³/mol. The standard InChI is InChI=1S/C6H14O2.C2H2O6/c1-5(2)7-8-6(3)4;3-1(4)7-8-2(5)6/h5-6H,1-4H3;(H,3,4)(H,5,6). The summed E-state index contributed by atoms with van der Waals surface area (Å²) in [5.41, 5.74) is 0. The summed E-state index contributed by atoms with van der Waals surface area (Å²) in [5.74, 6) is 0. The molecule has 0 aliphatic rings. The fraction of sp³-hybridized carbons (Fsp3) is 0.750. The summed E-state index contributed by atoms with van der Waals surface area (Å²) in [6.45, 7) is 7.73. The van der Waals surface area contributed by atoms with E-state index in [1.165, 1.54) is 0 Å². The van der Waals surface area contributed by atoms with Crippen LogP contribution in [0.25, 0.3) is 0 Å². The van der Waals surface area contributed by atoms with Gasteiger partial charge in [-0.15, -0.1) is 0 Å². The highest BCUT2D eigenvalue weighted by atomic mass is 17.2. The summed E-state index contributed by atoms with van der Waals surface area (Å²) >= 11 is 0. The van der Waals surface area contributed by atoms with Gasteiger partial charge in [0.05, 0.1) is 12.2 Å². The van der Waals surface area contributed by atoms with Gasteiger partial charge in [0.25, 0.3) is 0 Å². The van der Waals surface area contributed by atoms with Crippen molar-refractivity contribution in [3.05, 3.63) is 0 Å². The fourth-order valence-corrected chi connectivity index (χ4v) is 0.294. The van der Waals surface area contributed by atoms with Crippen molar-refractivity contribution in [2.24, 2.45) is 0 Å². The van der Waals surface area contributed by atoms with Gasteiger partial charge in [0, 0.05) is 0 Å². The van der Waals surface area contributed by atoms with Crippen LogP contribution in [0.1, 0.15) is 27.7 Å². The average molecular weight is 240 g/mol. The summed E-state index contributed by atoms with van der Waals surface area (Å²) in [7, 11) is 0. The van der Waals surface area contributed by atoms with Gasteiger partial charge in [-0.05, 0) is 27.7 Å². The van der Waals surface area contributed by atoms with Gasteiger partial charge >= 0.3 is 12.3 Å². The Morgan fingerprint density at radius 3 is 1.19 bits per heavy atom. The molecule has 0 aromatic carbocycles. The van der Waals surface area contributed by atoms with Crippen molar-refractivity contribution in [3.8, 4) is 0 Å². The Morgan fingerprint density at radius 1 is 0.812 bits per heavy atom. The number of carbonyl (C=O) groups is 2. The normalized spacial score (nSPS) is 9.38. The molecule has 0 aliphatic carbocycles. The third kappa shape index (κ3) is 22.9. The summed E-state index contributed by atoms with van der Waals surface area (Å²) < 4.78 is 0. The molecule has 0 heterocycles. The Kier molecular flexibility index (Phi) is 10.5. The molecule has 0 bridgehead atoms. The lowest BCUT2D eigenvalue weighted by Gasteiger charge is -2.08. The predicted octanol–water partition coefficient (Wildman–Crippen LogP) is 2.04. The largest absolute Gasteiger partial charge is 0.547 e. The maximum absolute atomic E-state index is 9.29. The van der Waals surface area contributed by atoms with Gasteiger partial charge in [0.15, 0.2) is 0 Å². The molecule has 0 aromatic rings. The highest BCUT2D eigenvalue weighted by Crippen LogP contribution is 1.93. The molecule has 8 heteroatoms. The van der Waals surface area contributed by atoms with E-state index in [0.717, 1.165) is 0 Å². The van der Waals surface area contributed by atoms with Crippen LogP contribution >= 0.6 is 0 Å². The molecule has 0 amide bonds. The molecule has 2 N–H and O–H groups in total. The van der Waals surface area contributed by atoms with Crippen LogP contribution in [0.4, 0.5) is 9.59 Å². The van der Waals surface area contributed by atoms with Crippen molar-refractivity contribution in [3.63, 3.8) is 0 Å². The van der Waals surface area contributed by atoms with Crippen LogP contribution in [0.3, 0.4) is 0 Å². The first-order chi connectivity index (χ1) is 7.25. The first-order valence-corrected chi connectivity index (χ1v) is 4.38. The summed E-state index contributed by atoms with van der Waals surface area (Å²) in [4.78, 5) is 34.4. The molecular formula is C8H16O8. The zero-order chi connectivity index (χ0) is 13.1. The first kappa shape index (κ1) is 16.9. The summed E-state index contributed by atoms with van der Waals surface area (Å²) in [5, 5.41) is 15.1. The molecule has 0 spiro atoms. The molecule has 0 fully saturated rings. The third-order valence-corrected chi connectivity index (χ3v) is 0.625. The van der Waals surface area contributed by atoms with Crippen LogP contribution in [-0.2, 0) is 19.6 Å².